The molecule has 0 saturated heterocycles. The maximum absolute atomic E-state index is 14.6. The molecule has 3 rings (SSSR count). The van der Waals surface area contributed by atoms with Gasteiger partial charge in [-0.15, -0.1) is 0 Å². The summed E-state index contributed by atoms with van der Waals surface area (Å²) in [6.45, 7) is 4.46. The molecule has 0 spiro atoms. The molecule has 8 heteroatoms. The first-order valence-electron chi connectivity index (χ1n) is 8.22. The third-order valence-corrected chi connectivity index (χ3v) is 3.52. The predicted molar refractivity (Wildman–Crippen MR) is 96.6 cm³/mol. The number of benzene rings is 1. The molecule has 0 aliphatic carbocycles. The van der Waals surface area contributed by atoms with Crippen molar-refractivity contribution in [3.63, 3.8) is 0 Å². The van der Waals surface area contributed by atoms with E-state index in [9.17, 15) is 9.18 Å². The SMILES string of the molecule is CCNC(=O)Nc1ccc2ncc(-c3cccc(OCC)c3F)nc2n1. The molecule has 2 N–H and O–H groups in total. The van der Waals surface area contributed by atoms with Crippen LogP contribution in [-0.4, -0.2) is 34.1 Å². The van der Waals surface area contributed by atoms with Gasteiger partial charge in [0, 0.05) is 12.1 Å². The normalized spacial score (nSPS) is 10.6. The van der Waals surface area contributed by atoms with E-state index in [1.165, 1.54) is 6.20 Å². The number of ether oxygens (including phenoxy) is 1. The van der Waals surface area contributed by atoms with Crippen molar-refractivity contribution in [3.05, 3.63) is 42.3 Å². The van der Waals surface area contributed by atoms with Crippen LogP contribution in [0.4, 0.5) is 15.0 Å². The second kappa shape index (κ2) is 7.73. The van der Waals surface area contributed by atoms with Crippen LogP contribution >= 0.6 is 0 Å². The molecule has 0 aliphatic rings. The van der Waals surface area contributed by atoms with Gasteiger partial charge in [-0.1, -0.05) is 6.07 Å². The van der Waals surface area contributed by atoms with Crippen LogP contribution in [0.2, 0.25) is 0 Å². The highest BCUT2D eigenvalue weighted by molar-refractivity contribution is 5.89. The topological polar surface area (TPSA) is 89.0 Å². The smallest absolute Gasteiger partial charge is 0.320 e. The van der Waals surface area contributed by atoms with E-state index >= 15 is 0 Å². The number of pyridine rings is 1. The van der Waals surface area contributed by atoms with Crippen molar-refractivity contribution in [2.45, 2.75) is 13.8 Å². The summed E-state index contributed by atoms with van der Waals surface area (Å²) < 4.78 is 19.9. The van der Waals surface area contributed by atoms with Gasteiger partial charge in [0.15, 0.2) is 17.2 Å². The van der Waals surface area contributed by atoms with Crippen LogP contribution in [0.3, 0.4) is 0 Å². The van der Waals surface area contributed by atoms with E-state index in [4.69, 9.17) is 4.74 Å². The molecule has 2 aromatic heterocycles. The van der Waals surface area contributed by atoms with Crippen LogP contribution in [-0.2, 0) is 0 Å². The molecule has 3 aromatic rings. The Kier molecular flexibility index (Phi) is 5.21. The van der Waals surface area contributed by atoms with Crippen LogP contribution in [0.1, 0.15) is 13.8 Å². The maximum Gasteiger partial charge on any atom is 0.320 e. The Hall–Kier alpha value is -3.29. The third-order valence-electron chi connectivity index (χ3n) is 3.52. The molecule has 7 nitrogen and oxygen atoms in total. The number of anilines is 1. The van der Waals surface area contributed by atoms with Crippen molar-refractivity contribution in [3.8, 4) is 17.0 Å². The first-order chi connectivity index (χ1) is 12.6. The zero-order valence-corrected chi connectivity index (χ0v) is 14.4. The van der Waals surface area contributed by atoms with Crippen molar-refractivity contribution in [2.24, 2.45) is 0 Å². The van der Waals surface area contributed by atoms with Crippen molar-refractivity contribution in [1.29, 1.82) is 0 Å². The second-order valence-electron chi connectivity index (χ2n) is 5.33. The summed E-state index contributed by atoms with van der Waals surface area (Å²) in [5.74, 6) is -0.00967. The van der Waals surface area contributed by atoms with Crippen LogP contribution in [0.5, 0.6) is 5.75 Å². The number of nitrogens with one attached hydrogen (secondary N) is 2. The van der Waals surface area contributed by atoms with Gasteiger partial charge in [0.1, 0.15) is 11.3 Å². The number of halogens is 1. The van der Waals surface area contributed by atoms with E-state index in [2.05, 4.69) is 25.6 Å². The van der Waals surface area contributed by atoms with E-state index in [1.807, 2.05) is 6.92 Å². The largest absolute Gasteiger partial charge is 0.491 e. The van der Waals surface area contributed by atoms with Crippen molar-refractivity contribution in [2.75, 3.05) is 18.5 Å². The molecule has 0 fully saturated rings. The molecule has 26 heavy (non-hydrogen) atoms. The number of carbonyl (C=O) groups is 1. The molecule has 0 bridgehead atoms. The lowest BCUT2D eigenvalue weighted by Crippen LogP contribution is -2.28. The standard InChI is InChI=1S/C18H18FN5O2/c1-3-20-18(25)24-15-9-8-12-17(23-15)22-13(10-21-12)11-6-5-7-14(16(11)19)26-4-2/h5-10H,3-4H2,1-2H3,(H2,20,22,23,24,25). The first kappa shape index (κ1) is 17.5. The summed E-state index contributed by atoms with van der Waals surface area (Å²) in [7, 11) is 0. The van der Waals surface area contributed by atoms with Gasteiger partial charge >= 0.3 is 6.03 Å². The fraction of sp³-hybridized carbons (Fsp3) is 0.222. The first-order valence-corrected chi connectivity index (χ1v) is 8.22. The molecule has 2 heterocycles. The van der Waals surface area contributed by atoms with Crippen LogP contribution in [0, 0.1) is 5.82 Å². The number of hydrogen-bond donors (Lipinski definition) is 2. The molecule has 0 atom stereocenters. The highest BCUT2D eigenvalue weighted by Crippen LogP contribution is 2.28. The van der Waals surface area contributed by atoms with Gasteiger partial charge in [-0.3, -0.25) is 10.3 Å². The lowest BCUT2D eigenvalue weighted by atomic mass is 10.1. The number of fused-ring (bicyclic) bond motifs is 1. The Morgan fingerprint density at radius 2 is 2.04 bits per heavy atom. The molecule has 2 amide bonds. The fourth-order valence-corrected chi connectivity index (χ4v) is 2.39. The monoisotopic (exact) mass is 355 g/mol. The number of amides is 2. The number of hydrogen-bond acceptors (Lipinski definition) is 5. The molecule has 0 radical (unpaired) electrons. The molecule has 1 aromatic carbocycles. The summed E-state index contributed by atoms with van der Waals surface area (Å²) in [5.41, 5.74) is 1.45. The Morgan fingerprint density at radius 3 is 2.81 bits per heavy atom. The second-order valence-corrected chi connectivity index (χ2v) is 5.33. The Bertz CT molecular complexity index is 948. The summed E-state index contributed by atoms with van der Waals surface area (Å²) >= 11 is 0. The van der Waals surface area contributed by atoms with E-state index in [0.29, 0.717) is 35.8 Å². The van der Waals surface area contributed by atoms with Crippen molar-refractivity contribution >= 4 is 23.0 Å². The average Bonchev–Trinajstić information content (AvgIpc) is 2.63. The minimum Gasteiger partial charge on any atom is -0.491 e. The molecule has 0 aliphatic heterocycles. The summed E-state index contributed by atoms with van der Waals surface area (Å²) in [6.07, 6.45) is 1.48. The van der Waals surface area contributed by atoms with E-state index in [-0.39, 0.29) is 17.3 Å². The Labute approximate surface area is 149 Å². The summed E-state index contributed by atoms with van der Waals surface area (Å²) in [6, 6.07) is 7.80. The van der Waals surface area contributed by atoms with Gasteiger partial charge in [0.2, 0.25) is 0 Å². The van der Waals surface area contributed by atoms with Crippen LogP contribution in [0.25, 0.3) is 22.4 Å². The number of urea groups is 1. The molecular weight excluding hydrogens is 337 g/mol. The number of rotatable bonds is 5. The van der Waals surface area contributed by atoms with Crippen LogP contribution < -0.4 is 15.4 Å². The maximum atomic E-state index is 14.6. The van der Waals surface area contributed by atoms with Gasteiger partial charge in [-0.05, 0) is 38.1 Å². The molecule has 134 valence electrons. The lowest BCUT2D eigenvalue weighted by Gasteiger charge is -2.09. The third kappa shape index (κ3) is 3.69. The van der Waals surface area contributed by atoms with Crippen molar-refractivity contribution in [1.82, 2.24) is 20.3 Å². The minimum absolute atomic E-state index is 0.159. The highest BCUT2D eigenvalue weighted by atomic mass is 19.1. The van der Waals surface area contributed by atoms with Crippen molar-refractivity contribution < 1.29 is 13.9 Å². The summed E-state index contributed by atoms with van der Waals surface area (Å²) in [4.78, 5) is 24.5. The molecular formula is C18H18FN5O2. The summed E-state index contributed by atoms with van der Waals surface area (Å²) in [5, 5.41) is 5.22. The quantitative estimate of drug-likeness (QED) is 0.732. The van der Waals surface area contributed by atoms with E-state index in [1.54, 1.807) is 37.3 Å². The van der Waals surface area contributed by atoms with Gasteiger partial charge < -0.3 is 10.1 Å². The van der Waals surface area contributed by atoms with Gasteiger partial charge in [-0.25, -0.2) is 19.2 Å². The number of carbonyl (C=O) groups excluding carboxylic acids is 1. The van der Waals surface area contributed by atoms with Gasteiger partial charge in [0.05, 0.1) is 18.5 Å². The molecule has 0 unspecified atom stereocenters. The highest BCUT2D eigenvalue weighted by Gasteiger charge is 2.13. The zero-order chi connectivity index (χ0) is 18.5. The number of aromatic nitrogens is 3. The average molecular weight is 355 g/mol. The van der Waals surface area contributed by atoms with Crippen LogP contribution in [0.15, 0.2) is 36.5 Å². The van der Waals surface area contributed by atoms with Gasteiger partial charge in [-0.2, -0.15) is 0 Å². The van der Waals surface area contributed by atoms with E-state index < -0.39 is 5.82 Å². The predicted octanol–water partition coefficient (Wildman–Crippen LogP) is 3.37. The Morgan fingerprint density at radius 1 is 1.19 bits per heavy atom. The Balaban J connectivity index is 1.98. The minimum atomic E-state index is -0.500. The van der Waals surface area contributed by atoms with E-state index in [0.717, 1.165) is 0 Å². The molecule has 0 saturated carbocycles. The number of nitrogens with zero attached hydrogens (tertiary/aromatic N) is 3. The van der Waals surface area contributed by atoms with Gasteiger partial charge in [0.25, 0.3) is 0 Å². The zero-order valence-electron chi connectivity index (χ0n) is 14.4. The fourth-order valence-electron chi connectivity index (χ4n) is 2.39. The lowest BCUT2D eigenvalue weighted by molar-refractivity contribution is 0.252.